The third-order valence-corrected chi connectivity index (χ3v) is 6.89. The quantitative estimate of drug-likeness (QED) is 0.814. The second-order valence-corrected chi connectivity index (χ2v) is 8.68. The number of benzene rings is 1. The van der Waals surface area contributed by atoms with Gasteiger partial charge in [-0.05, 0) is 37.0 Å². The average Bonchev–Trinajstić information content (AvgIpc) is 2.68. The van der Waals surface area contributed by atoms with Gasteiger partial charge in [-0.25, -0.2) is 8.42 Å². The van der Waals surface area contributed by atoms with E-state index >= 15 is 0 Å². The first-order chi connectivity index (χ1) is 12.1. The zero-order chi connectivity index (χ0) is 17.7. The summed E-state index contributed by atoms with van der Waals surface area (Å²) in [4.78, 5) is 14.4. The molecule has 6 nitrogen and oxygen atoms in total. The minimum Gasteiger partial charge on any atom is -0.340 e. The first-order valence-corrected chi connectivity index (χ1v) is 10.6. The molecule has 0 spiro atoms. The van der Waals surface area contributed by atoms with Gasteiger partial charge < -0.3 is 10.2 Å². The van der Waals surface area contributed by atoms with Crippen LogP contribution < -0.4 is 5.32 Å². The van der Waals surface area contributed by atoms with Crippen LogP contribution in [0.3, 0.4) is 0 Å². The highest BCUT2D eigenvalue weighted by atomic mass is 35.5. The van der Waals surface area contributed by atoms with E-state index in [9.17, 15) is 13.2 Å². The van der Waals surface area contributed by atoms with Crippen LogP contribution in [-0.4, -0.2) is 62.8 Å². The summed E-state index contributed by atoms with van der Waals surface area (Å²) in [6.45, 7) is 4.48. The topological polar surface area (TPSA) is 69.7 Å². The predicted octanol–water partition coefficient (Wildman–Crippen LogP) is 1.65. The summed E-state index contributed by atoms with van der Waals surface area (Å²) >= 11 is 0. The Morgan fingerprint density at radius 2 is 1.58 bits per heavy atom. The molecule has 0 atom stereocenters. The van der Waals surface area contributed by atoms with E-state index in [4.69, 9.17) is 0 Å². The fourth-order valence-corrected chi connectivity index (χ4v) is 4.92. The Labute approximate surface area is 162 Å². The molecule has 1 N–H and O–H groups in total. The number of hydrogen-bond acceptors (Lipinski definition) is 4. The van der Waals surface area contributed by atoms with E-state index in [1.54, 1.807) is 16.4 Å². The van der Waals surface area contributed by atoms with Crippen molar-refractivity contribution in [2.45, 2.75) is 37.0 Å². The van der Waals surface area contributed by atoms with E-state index in [2.05, 4.69) is 5.32 Å². The van der Waals surface area contributed by atoms with Crippen LogP contribution in [0.2, 0.25) is 0 Å². The standard InChI is InChI=1S/C18H27N3O3S.ClH/c22-18(20-14-10-19-11-15-20)9-6-16-4-7-17(8-5-16)25(23,24)21-12-2-1-3-13-21;/h4-5,7-8,19H,1-3,6,9-15H2;1H. The molecule has 3 rings (SSSR count). The van der Waals surface area contributed by atoms with Crippen molar-refractivity contribution in [1.82, 2.24) is 14.5 Å². The summed E-state index contributed by atoms with van der Waals surface area (Å²) in [6.07, 6.45) is 4.09. The van der Waals surface area contributed by atoms with Gasteiger partial charge in [-0.1, -0.05) is 18.6 Å². The third-order valence-electron chi connectivity index (χ3n) is 4.97. The van der Waals surface area contributed by atoms with Crippen molar-refractivity contribution in [2.24, 2.45) is 0 Å². The van der Waals surface area contributed by atoms with Crippen molar-refractivity contribution in [1.29, 1.82) is 0 Å². The van der Waals surface area contributed by atoms with Crippen LogP contribution in [0.4, 0.5) is 0 Å². The normalized spacial score (nSPS) is 19.0. The van der Waals surface area contributed by atoms with E-state index in [1.165, 1.54) is 0 Å². The minimum atomic E-state index is -3.38. The molecule has 2 saturated heterocycles. The highest BCUT2D eigenvalue weighted by molar-refractivity contribution is 7.89. The smallest absolute Gasteiger partial charge is 0.243 e. The monoisotopic (exact) mass is 401 g/mol. The fourth-order valence-electron chi connectivity index (χ4n) is 3.41. The molecule has 26 heavy (non-hydrogen) atoms. The number of piperidine rings is 1. The molecule has 2 aliphatic heterocycles. The minimum absolute atomic E-state index is 0. The fraction of sp³-hybridized carbons (Fsp3) is 0.611. The molecule has 2 fully saturated rings. The summed E-state index contributed by atoms with van der Waals surface area (Å²) in [5, 5.41) is 3.24. The lowest BCUT2D eigenvalue weighted by Gasteiger charge is -2.27. The highest BCUT2D eigenvalue weighted by Gasteiger charge is 2.25. The molecule has 0 saturated carbocycles. The molecular formula is C18H28ClN3O3S. The Hall–Kier alpha value is -1.15. The number of carbonyl (C=O) groups excluding carboxylic acids is 1. The van der Waals surface area contributed by atoms with Gasteiger partial charge in [-0.15, -0.1) is 12.4 Å². The Morgan fingerprint density at radius 1 is 0.962 bits per heavy atom. The van der Waals surface area contributed by atoms with Crippen molar-refractivity contribution in [2.75, 3.05) is 39.3 Å². The number of aryl methyl sites for hydroxylation is 1. The molecule has 0 aromatic heterocycles. The first kappa shape index (κ1) is 21.2. The number of piperazine rings is 1. The van der Waals surface area contributed by atoms with Crippen molar-refractivity contribution < 1.29 is 13.2 Å². The SMILES string of the molecule is Cl.O=C(CCc1ccc(S(=O)(=O)N2CCCCC2)cc1)N1CCNCC1. The van der Waals surface area contributed by atoms with Gasteiger partial charge in [0.1, 0.15) is 0 Å². The number of nitrogens with zero attached hydrogens (tertiary/aromatic N) is 2. The molecule has 1 aromatic carbocycles. The Kier molecular flexibility index (Phi) is 7.88. The molecule has 8 heteroatoms. The highest BCUT2D eigenvalue weighted by Crippen LogP contribution is 2.21. The Bertz CT molecular complexity index is 682. The van der Waals surface area contributed by atoms with Gasteiger partial charge in [0.15, 0.2) is 0 Å². The van der Waals surface area contributed by atoms with Crippen LogP contribution in [0, 0.1) is 0 Å². The molecule has 146 valence electrons. The van der Waals surface area contributed by atoms with E-state index in [0.717, 1.165) is 51.0 Å². The van der Waals surface area contributed by atoms with Crippen LogP contribution in [0.1, 0.15) is 31.2 Å². The molecule has 1 aromatic rings. The molecule has 2 heterocycles. The van der Waals surface area contributed by atoms with Crippen molar-refractivity contribution in [3.63, 3.8) is 0 Å². The molecule has 2 aliphatic rings. The van der Waals surface area contributed by atoms with Gasteiger partial charge in [0.05, 0.1) is 4.90 Å². The van der Waals surface area contributed by atoms with Gasteiger partial charge in [-0.2, -0.15) is 4.31 Å². The van der Waals surface area contributed by atoms with Gasteiger partial charge >= 0.3 is 0 Å². The molecule has 1 amide bonds. The van der Waals surface area contributed by atoms with Crippen LogP contribution in [0.15, 0.2) is 29.2 Å². The van der Waals surface area contributed by atoms with Gasteiger partial charge in [0.25, 0.3) is 0 Å². The third kappa shape index (κ3) is 5.19. The van der Waals surface area contributed by atoms with Gasteiger partial charge in [-0.3, -0.25) is 4.79 Å². The second kappa shape index (κ2) is 9.69. The zero-order valence-corrected chi connectivity index (χ0v) is 16.7. The number of hydrogen-bond donors (Lipinski definition) is 1. The molecule has 0 bridgehead atoms. The van der Waals surface area contributed by atoms with Gasteiger partial charge in [0, 0.05) is 45.7 Å². The summed E-state index contributed by atoms with van der Waals surface area (Å²) < 4.78 is 26.8. The molecule has 0 aliphatic carbocycles. The maximum absolute atomic E-state index is 12.6. The number of nitrogens with one attached hydrogen (secondary N) is 1. The van der Waals surface area contributed by atoms with E-state index < -0.39 is 10.0 Å². The number of sulfonamides is 1. The first-order valence-electron chi connectivity index (χ1n) is 9.15. The van der Waals surface area contributed by atoms with Crippen molar-refractivity contribution in [3.8, 4) is 0 Å². The maximum atomic E-state index is 12.6. The van der Waals surface area contributed by atoms with Crippen LogP contribution in [0.25, 0.3) is 0 Å². The molecule has 0 unspecified atom stereocenters. The Balaban J connectivity index is 0.00000243. The number of carbonyl (C=O) groups is 1. The number of amides is 1. The maximum Gasteiger partial charge on any atom is 0.243 e. The molecule has 0 radical (unpaired) electrons. The summed E-state index contributed by atoms with van der Waals surface area (Å²) in [5.74, 6) is 0.173. The lowest BCUT2D eigenvalue weighted by molar-refractivity contribution is -0.131. The zero-order valence-electron chi connectivity index (χ0n) is 15.0. The predicted molar refractivity (Wildman–Crippen MR) is 104 cm³/mol. The Morgan fingerprint density at radius 3 is 2.19 bits per heavy atom. The lowest BCUT2D eigenvalue weighted by Crippen LogP contribution is -2.46. The van der Waals surface area contributed by atoms with Crippen LogP contribution in [-0.2, 0) is 21.2 Å². The molecular weight excluding hydrogens is 374 g/mol. The van der Waals surface area contributed by atoms with Gasteiger partial charge in [0.2, 0.25) is 15.9 Å². The van der Waals surface area contributed by atoms with E-state index in [-0.39, 0.29) is 18.3 Å². The number of rotatable bonds is 5. The van der Waals surface area contributed by atoms with Crippen molar-refractivity contribution in [3.05, 3.63) is 29.8 Å². The van der Waals surface area contributed by atoms with Crippen molar-refractivity contribution >= 4 is 28.3 Å². The van der Waals surface area contributed by atoms with E-state index in [0.29, 0.717) is 30.8 Å². The number of halogens is 1. The lowest BCUT2D eigenvalue weighted by atomic mass is 10.1. The summed E-state index contributed by atoms with van der Waals surface area (Å²) in [7, 11) is -3.38. The summed E-state index contributed by atoms with van der Waals surface area (Å²) in [5.41, 5.74) is 1.00. The van der Waals surface area contributed by atoms with E-state index in [1.807, 2.05) is 17.0 Å². The summed E-state index contributed by atoms with van der Waals surface area (Å²) in [6, 6.07) is 7.02. The van der Waals surface area contributed by atoms with Crippen LogP contribution >= 0.6 is 12.4 Å². The largest absolute Gasteiger partial charge is 0.340 e. The van der Waals surface area contributed by atoms with Crippen LogP contribution in [0.5, 0.6) is 0 Å². The average molecular weight is 402 g/mol. The second-order valence-electron chi connectivity index (χ2n) is 6.74.